The molecule has 0 bridgehead atoms. The highest BCUT2D eigenvalue weighted by Crippen LogP contribution is 2.21. The van der Waals surface area contributed by atoms with Crippen molar-refractivity contribution in [3.63, 3.8) is 0 Å². The number of fused-ring (bicyclic) bond motifs is 1. The number of aryl methyl sites for hydroxylation is 1. The van der Waals surface area contributed by atoms with Crippen molar-refractivity contribution in [2.75, 3.05) is 4.90 Å². The Morgan fingerprint density at radius 1 is 1.28 bits per heavy atom. The van der Waals surface area contributed by atoms with E-state index in [4.69, 9.17) is 0 Å². The van der Waals surface area contributed by atoms with Gasteiger partial charge in [-0.05, 0) is 41.8 Å². The number of aromatic carboxylic acids is 1. The Hall–Kier alpha value is -3.15. The zero-order chi connectivity index (χ0) is 17.8. The zero-order valence-corrected chi connectivity index (χ0v) is 13.9. The second-order valence-corrected chi connectivity index (χ2v) is 5.82. The fourth-order valence-electron chi connectivity index (χ4n) is 2.91. The van der Waals surface area contributed by atoms with E-state index < -0.39 is 5.97 Å². The van der Waals surface area contributed by atoms with Crippen LogP contribution in [-0.4, -0.2) is 26.9 Å². The Morgan fingerprint density at radius 3 is 2.84 bits per heavy atom. The molecule has 25 heavy (non-hydrogen) atoms. The summed E-state index contributed by atoms with van der Waals surface area (Å²) in [7, 11) is 0. The van der Waals surface area contributed by atoms with E-state index in [2.05, 4.69) is 11.9 Å². The Bertz CT molecular complexity index is 917. The minimum absolute atomic E-state index is 0.221. The van der Waals surface area contributed by atoms with E-state index in [-0.39, 0.29) is 5.56 Å². The first-order valence-corrected chi connectivity index (χ1v) is 8.13. The van der Waals surface area contributed by atoms with E-state index in [1.54, 1.807) is 23.2 Å². The van der Waals surface area contributed by atoms with Crippen LogP contribution in [0.5, 0.6) is 0 Å². The van der Waals surface area contributed by atoms with Gasteiger partial charge in [0.15, 0.2) is 0 Å². The van der Waals surface area contributed by atoms with Crippen LogP contribution in [0.4, 0.5) is 5.82 Å². The number of carbonyl (C=O) groups is 2. The van der Waals surface area contributed by atoms with Gasteiger partial charge < -0.3 is 5.11 Å². The molecule has 0 saturated carbocycles. The fraction of sp³-hybridized carbons (Fsp3) is 0.211. The lowest BCUT2D eigenvalue weighted by atomic mass is 10.00. The Morgan fingerprint density at radius 2 is 2.12 bits per heavy atom. The SMILES string of the molecule is CCCc1ccc(C(=O)O)cc1CN(C=O)c1cnc2ccccn12. The van der Waals surface area contributed by atoms with Gasteiger partial charge in [-0.2, -0.15) is 0 Å². The number of aromatic nitrogens is 2. The number of rotatable bonds is 7. The third kappa shape index (κ3) is 3.38. The molecule has 0 fully saturated rings. The predicted octanol–water partition coefficient (Wildman–Crippen LogP) is 3.15. The zero-order valence-electron chi connectivity index (χ0n) is 13.9. The molecule has 0 aliphatic heterocycles. The summed E-state index contributed by atoms with van der Waals surface area (Å²) >= 11 is 0. The number of carboxylic acid groups (broad SMARTS) is 1. The van der Waals surface area contributed by atoms with Crippen LogP contribution in [0, 0.1) is 0 Å². The number of amides is 1. The van der Waals surface area contributed by atoms with Gasteiger partial charge in [0, 0.05) is 6.20 Å². The topological polar surface area (TPSA) is 74.9 Å². The normalized spacial score (nSPS) is 10.8. The Labute approximate surface area is 145 Å². The van der Waals surface area contributed by atoms with E-state index >= 15 is 0 Å². The van der Waals surface area contributed by atoms with Crippen LogP contribution in [0.3, 0.4) is 0 Å². The number of carbonyl (C=O) groups excluding carboxylic acids is 1. The molecule has 0 radical (unpaired) electrons. The average molecular weight is 337 g/mol. The van der Waals surface area contributed by atoms with Gasteiger partial charge in [0.25, 0.3) is 0 Å². The van der Waals surface area contributed by atoms with E-state index in [1.165, 1.54) is 0 Å². The number of hydrogen-bond acceptors (Lipinski definition) is 3. The largest absolute Gasteiger partial charge is 0.478 e. The molecule has 1 N–H and O–H groups in total. The molecule has 0 aliphatic carbocycles. The number of pyridine rings is 1. The van der Waals surface area contributed by atoms with Crippen LogP contribution < -0.4 is 4.90 Å². The van der Waals surface area contributed by atoms with Crippen molar-refractivity contribution in [3.8, 4) is 0 Å². The van der Waals surface area contributed by atoms with Gasteiger partial charge >= 0.3 is 5.97 Å². The van der Waals surface area contributed by atoms with Gasteiger partial charge in [-0.15, -0.1) is 0 Å². The molecule has 2 aromatic heterocycles. The number of carboxylic acids is 1. The van der Waals surface area contributed by atoms with Crippen LogP contribution in [0.1, 0.15) is 34.8 Å². The summed E-state index contributed by atoms with van der Waals surface area (Å²) in [6.45, 7) is 2.36. The number of benzene rings is 1. The Balaban J connectivity index is 1.99. The number of hydrogen-bond donors (Lipinski definition) is 1. The van der Waals surface area contributed by atoms with Gasteiger partial charge in [-0.1, -0.05) is 25.5 Å². The first-order valence-electron chi connectivity index (χ1n) is 8.13. The van der Waals surface area contributed by atoms with Gasteiger partial charge in [-0.25, -0.2) is 9.78 Å². The standard InChI is InChI=1S/C19H19N3O3/c1-2-5-14-7-8-15(19(24)25)10-16(14)12-21(13-23)18-11-20-17-6-3-4-9-22(17)18/h3-4,6-11,13H,2,5,12H2,1H3,(H,24,25). The maximum Gasteiger partial charge on any atom is 0.335 e. The number of nitrogens with zero attached hydrogens (tertiary/aromatic N) is 3. The summed E-state index contributed by atoms with van der Waals surface area (Å²) in [5.74, 6) is -0.328. The second-order valence-electron chi connectivity index (χ2n) is 5.82. The first kappa shape index (κ1) is 16.7. The molecule has 0 unspecified atom stereocenters. The Kier molecular flexibility index (Phi) is 4.79. The predicted molar refractivity (Wildman–Crippen MR) is 94.8 cm³/mol. The van der Waals surface area contributed by atoms with Crippen LogP contribution in [-0.2, 0) is 17.8 Å². The first-order chi connectivity index (χ1) is 12.1. The minimum atomic E-state index is -0.975. The molecule has 0 aliphatic rings. The molecule has 3 aromatic rings. The van der Waals surface area contributed by atoms with Crippen LogP contribution in [0.15, 0.2) is 48.8 Å². The fourth-order valence-corrected chi connectivity index (χ4v) is 2.91. The summed E-state index contributed by atoms with van der Waals surface area (Å²) in [5, 5.41) is 9.25. The summed E-state index contributed by atoms with van der Waals surface area (Å²) in [5.41, 5.74) is 2.85. The quantitative estimate of drug-likeness (QED) is 0.672. The molecular formula is C19H19N3O3. The summed E-state index contributed by atoms with van der Waals surface area (Å²) in [6, 6.07) is 10.7. The summed E-state index contributed by atoms with van der Waals surface area (Å²) < 4.78 is 1.83. The van der Waals surface area contributed by atoms with Crippen molar-refractivity contribution < 1.29 is 14.7 Å². The molecule has 6 heteroatoms. The van der Waals surface area contributed by atoms with E-state index in [0.29, 0.717) is 12.4 Å². The maximum atomic E-state index is 11.7. The monoisotopic (exact) mass is 337 g/mol. The van der Waals surface area contributed by atoms with Crippen molar-refractivity contribution >= 4 is 23.8 Å². The molecule has 6 nitrogen and oxygen atoms in total. The molecule has 1 aromatic carbocycles. The van der Waals surface area contributed by atoms with Crippen molar-refractivity contribution in [2.24, 2.45) is 0 Å². The van der Waals surface area contributed by atoms with E-state index in [9.17, 15) is 14.7 Å². The van der Waals surface area contributed by atoms with Gasteiger partial charge in [-0.3, -0.25) is 14.1 Å². The van der Waals surface area contributed by atoms with Crippen molar-refractivity contribution in [2.45, 2.75) is 26.3 Å². The molecule has 1 amide bonds. The van der Waals surface area contributed by atoms with Crippen LogP contribution in [0.2, 0.25) is 0 Å². The summed E-state index contributed by atoms with van der Waals surface area (Å²) in [4.78, 5) is 28.8. The van der Waals surface area contributed by atoms with E-state index in [0.717, 1.165) is 36.0 Å². The maximum absolute atomic E-state index is 11.7. The van der Waals surface area contributed by atoms with Crippen LogP contribution >= 0.6 is 0 Å². The van der Waals surface area contributed by atoms with Gasteiger partial charge in [0.2, 0.25) is 6.41 Å². The molecule has 0 atom stereocenters. The van der Waals surface area contributed by atoms with Gasteiger partial charge in [0.05, 0.1) is 18.3 Å². The lowest BCUT2D eigenvalue weighted by Gasteiger charge is -2.19. The molecule has 0 spiro atoms. The van der Waals surface area contributed by atoms with Crippen molar-refractivity contribution in [1.29, 1.82) is 0 Å². The molecule has 2 heterocycles. The average Bonchev–Trinajstić information content (AvgIpc) is 3.05. The highest BCUT2D eigenvalue weighted by atomic mass is 16.4. The highest BCUT2D eigenvalue weighted by Gasteiger charge is 2.15. The van der Waals surface area contributed by atoms with Crippen molar-refractivity contribution in [3.05, 3.63) is 65.5 Å². The number of imidazole rings is 1. The van der Waals surface area contributed by atoms with Crippen molar-refractivity contribution in [1.82, 2.24) is 9.38 Å². The van der Waals surface area contributed by atoms with Crippen LogP contribution in [0.25, 0.3) is 5.65 Å². The molecule has 3 rings (SSSR count). The minimum Gasteiger partial charge on any atom is -0.478 e. The lowest BCUT2D eigenvalue weighted by Crippen LogP contribution is -2.23. The molecular weight excluding hydrogens is 318 g/mol. The third-order valence-electron chi connectivity index (χ3n) is 4.13. The second kappa shape index (κ2) is 7.17. The number of anilines is 1. The summed E-state index contributed by atoms with van der Waals surface area (Å²) in [6.07, 6.45) is 6.00. The molecule has 0 saturated heterocycles. The highest BCUT2D eigenvalue weighted by molar-refractivity contribution is 5.88. The lowest BCUT2D eigenvalue weighted by molar-refractivity contribution is -0.107. The molecule has 128 valence electrons. The van der Waals surface area contributed by atoms with E-state index in [1.807, 2.05) is 34.9 Å². The van der Waals surface area contributed by atoms with Gasteiger partial charge in [0.1, 0.15) is 11.5 Å². The third-order valence-corrected chi connectivity index (χ3v) is 4.13. The smallest absolute Gasteiger partial charge is 0.335 e.